The third-order valence-electron chi connectivity index (χ3n) is 13.0. The lowest BCUT2D eigenvalue weighted by atomic mass is 9.44. The number of fused-ring (bicyclic) bond motifs is 5. The van der Waals surface area contributed by atoms with E-state index in [9.17, 15) is 4.79 Å². The maximum absolute atomic E-state index is 12.1. The molecule has 37 heavy (non-hydrogen) atoms. The summed E-state index contributed by atoms with van der Waals surface area (Å²) in [4.78, 5) is 12.1. The standard InChI is InChI=1S/C35H62O2/c1-7-8-9-13-33(36)37-24-21-27(25(2)3)15-14-26(4)30-18-19-31-29-17-16-28-12-10-11-22-34(28,5)32(29)20-23-35(30,31)6/h25-32H,7-24H2,1-6H3/t26-,27+,28?,29+,30-,31+,32+,34+,35-/m1/s1. The number of unbranched alkanes of at least 4 members (excludes halogenated alkanes) is 2. The zero-order chi connectivity index (χ0) is 26.6. The van der Waals surface area contributed by atoms with Gasteiger partial charge in [0.1, 0.15) is 0 Å². The summed E-state index contributed by atoms with van der Waals surface area (Å²) in [5.74, 6) is 7.16. The van der Waals surface area contributed by atoms with Gasteiger partial charge < -0.3 is 4.74 Å². The molecule has 0 aliphatic heterocycles. The van der Waals surface area contributed by atoms with Crippen molar-refractivity contribution >= 4 is 5.97 Å². The first-order chi connectivity index (χ1) is 17.7. The molecule has 4 aliphatic carbocycles. The van der Waals surface area contributed by atoms with Crippen LogP contribution in [0.15, 0.2) is 0 Å². The van der Waals surface area contributed by atoms with Gasteiger partial charge in [0, 0.05) is 6.42 Å². The van der Waals surface area contributed by atoms with Crippen molar-refractivity contribution in [3.8, 4) is 0 Å². The van der Waals surface area contributed by atoms with Crippen LogP contribution in [0.1, 0.15) is 151 Å². The van der Waals surface area contributed by atoms with Gasteiger partial charge in [-0.25, -0.2) is 0 Å². The molecule has 0 aromatic heterocycles. The fourth-order valence-corrected chi connectivity index (χ4v) is 10.7. The van der Waals surface area contributed by atoms with Crippen LogP contribution in [-0.4, -0.2) is 12.6 Å². The Bertz CT molecular complexity index is 729. The molecule has 4 fully saturated rings. The van der Waals surface area contributed by atoms with Gasteiger partial charge in [0.25, 0.3) is 0 Å². The highest BCUT2D eigenvalue weighted by Crippen LogP contribution is 2.68. The summed E-state index contributed by atoms with van der Waals surface area (Å²) in [6.07, 6.45) is 22.7. The first-order valence-corrected chi connectivity index (χ1v) is 16.9. The number of esters is 1. The monoisotopic (exact) mass is 514 g/mol. The Morgan fingerprint density at radius 2 is 1.62 bits per heavy atom. The van der Waals surface area contributed by atoms with Gasteiger partial charge in [-0.3, -0.25) is 4.79 Å². The molecule has 0 saturated heterocycles. The number of carbonyl (C=O) groups excluding carboxylic acids is 1. The molecule has 2 heteroatoms. The maximum Gasteiger partial charge on any atom is 0.305 e. The Kier molecular flexibility index (Phi) is 10.2. The molecule has 0 amide bonds. The van der Waals surface area contributed by atoms with Crippen molar-refractivity contribution in [2.45, 2.75) is 151 Å². The van der Waals surface area contributed by atoms with Crippen molar-refractivity contribution in [3.63, 3.8) is 0 Å². The third kappa shape index (κ3) is 6.29. The van der Waals surface area contributed by atoms with Crippen molar-refractivity contribution in [1.29, 1.82) is 0 Å². The number of rotatable bonds is 12. The molecule has 2 nitrogen and oxygen atoms in total. The molecule has 0 aromatic carbocycles. The van der Waals surface area contributed by atoms with E-state index in [0.717, 1.165) is 61.2 Å². The van der Waals surface area contributed by atoms with Crippen molar-refractivity contribution in [3.05, 3.63) is 0 Å². The van der Waals surface area contributed by atoms with E-state index in [1.54, 1.807) is 6.42 Å². The van der Waals surface area contributed by atoms with Crippen LogP contribution in [0.4, 0.5) is 0 Å². The van der Waals surface area contributed by atoms with Crippen LogP contribution in [0, 0.1) is 58.2 Å². The van der Waals surface area contributed by atoms with Crippen LogP contribution in [0.3, 0.4) is 0 Å². The van der Waals surface area contributed by atoms with Gasteiger partial charge in [0.05, 0.1) is 6.61 Å². The van der Waals surface area contributed by atoms with E-state index in [4.69, 9.17) is 4.74 Å². The highest BCUT2D eigenvalue weighted by Gasteiger charge is 2.60. The molecule has 214 valence electrons. The summed E-state index contributed by atoms with van der Waals surface area (Å²) in [7, 11) is 0. The van der Waals surface area contributed by atoms with Gasteiger partial charge in [-0.15, -0.1) is 0 Å². The Labute approximate surface area is 230 Å². The second kappa shape index (κ2) is 12.8. The zero-order valence-electron chi connectivity index (χ0n) is 25.7. The quantitative estimate of drug-likeness (QED) is 0.191. The van der Waals surface area contributed by atoms with E-state index < -0.39 is 0 Å². The number of ether oxygens (including phenoxy) is 1. The largest absolute Gasteiger partial charge is 0.466 e. The summed E-state index contributed by atoms with van der Waals surface area (Å²) in [6.45, 7) is 15.6. The van der Waals surface area contributed by atoms with Crippen molar-refractivity contribution < 1.29 is 9.53 Å². The number of hydrogen-bond acceptors (Lipinski definition) is 2. The fourth-order valence-electron chi connectivity index (χ4n) is 10.7. The number of hydrogen-bond donors (Lipinski definition) is 0. The summed E-state index contributed by atoms with van der Waals surface area (Å²) in [6, 6.07) is 0. The summed E-state index contributed by atoms with van der Waals surface area (Å²) >= 11 is 0. The molecule has 9 atom stereocenters. The molecule has 0 N–H and O–H groups in total. The van der Waals surface area contributed by atoms with Gasteiger partial charge in [-0.2, -0.15) is 0 Å². The Morgan fingerprint density at radius 1 is 0.838 bits per heavy atom. The third-order valence-corrected chi connectivity index (χ3v) is 13.0. The highest BCUT2D eigenvalue weighted by molar-refractivity contribution is 5.69. The van der Waals surface area contributed by atoms with Gasteiger partial charge >= 0.3 is 5.97 Å². The van der Waals surface area contributed by atoms with E-state index in [2.05, 4.69) is 41.5 Å². The summed E-state index contributed by atoms with van der Waals surface area (Å²) in [5.41, 5.74) is 1.25. The lowest BCUT2D eigenvalue weighted by Gasteiger charge is -2.61. The highest BCUT2D eigenvalue weighted by atomic mass is 16.5. The van der Waals surface area contributed by atoms with Crippen LogP contribution in [0.2, 0.25) is 0 Å². The Hall–Kier alpha value is -0.530. The van der Waals surface area contributed by atoms with Gasteiger partial charge in [0.15, 0.2) is 0 Å². The van der Waals surface area contributed by atoms with E-state index in [1.807, 2.05) is 0 Å². The smallest absolute Gasteiger partial charge is 0.305 e. The molecule has 0 aromatic rings. The second-order valence-corrected chi connectivity index (χ2v) is 15.2. The Morgan fingerprint density at radius 3 is 2.38 bits per heavy atom. The van der Waals surface area contributed by atoms with Crippen LogP contribution < -0.4 is 0 Å². The van der Waals surface area contributed by atoms with Crippen LogP contribution in [0.25, 0.3) is 0 Å². The van der Waals surface area contributed by atoms with Crippen LogP contribution in [0.5, 0.6) is 0 Å². The first-order valence-electron chi connectivity index (χ1n) is 16.9. The molecule has 0 bridgehead atoms. The SMILES string of the molecule is CCCCCC(=O)OCC[C@H](CC[C@@H](C)[C@H]1CC[C@H]2[C@@H]3CCC4CCCC[C@]4(C)[C@H]3CC[C@]12C)C(C)C. The predicted octanol–water partition coefficient (Wildman–Crippen LogP) is 10.2. The van der Waals surface area contributed by atoms with Gasteiger partial charge in [0.2, 0.25) is 0 Å². The fraction of sp³-hybridized carbons (Fsp3) is 0.971. The minimum Gasteiger partial charge on any atom is -0.466 e. The first kappa shape index (κ1) is 29.5. The molecule has 0 heterocycles. The molecule has 0 spiro atoms. The topological polar surface area (TPSA) is 26.3 Å². The average molecular weight is 515 g/mol. The number of carbonyl (C=O) groups is 1. The molecule has 1 unspecified atom stereocenters. The van der Waals surface area contributed by atoms with E-state index in [0.29, 0.717) is 35.7 Å². The Balaban J connectivity index is 1.29. The van der Waals surface area contributed by atoms with E-state index >= 15 is 0 Å². The molecule has 0 radical (unpaired) electrons. The van der Waals surface area contributed by atoms with Crippen molar-refractivity contribution in [2.75, 3.05) is 6.61 Å². The van der Waals surface area contributed by atoms with Crippen LogP contribution in [-0.2, 0) is 9.53 Å². The second-order valence-electron chi connectivity index (χ2n) is 15.2. The zero-order valence-corrected chi connectivity index (χ0v) is 25.7. The lowest BCUT2D eigenvalue weighted by Crippen LogP contribution is -2.53. The van der Waals surface area contributed by atoms with Crippen molar-refractivity contribution in [2.24, 2.45) is 58.2 Å². The maximum atomic E-state index is 12.1. The summed E-state index contributed by atoms with van der Waals surface area (Å²) < 4.78 is 5.62. The summed E-state index contributed by atoms with van der Waals surface area (Å²) in [5, 5.41) is 0. The van der Waals surface area contributed by atoms with E-state index in [1.165, 1.54) is 70.6 Å². The van der Waals surface area contributed by atoms with Crippen LogP contribution >= 0.6 is 0 Å². The normalized spacial score (nSPS) is 38.9. The van der Waals surface area contributed by atoms with Gasteiger partial charge in [-0.1, -0.05) is 73.6 Å². The molecular weight excluding hydrogens is 452 g/mol. The lowest BCUT2D eigenvalue weighted by molar-refractivity contribution is -0.144. The molecule has 4 rings (SSSR count). The van der Waals surface area contributed by atoms with Gasteiger partial charge in [-0.05, 0) is 129 Å². The minimum atomic E-state index is 0.0148. The molecule has 4 saturated carbocycles. The molecular formula is C35H62O2. The molecule has 4 aliphatic rings. The minimum absolute atomic E-state index is 0.0148. The predicted molar refractivity (Wildman–Crippen MR) is 156 cm³/mol. The van der Waals surface area contributed by atoms with E-state index in [-0.39, 0.29) is 5.97 Å². The van der Waals surface area contributed by atoms with Crippen molar-refractivity contribution in [1.82, 2.24) is 0 Å². The average Bonchev–Trinajstić information content (AvgIpc) is 3.22.